The van der Waals surface area contributed by atoms with Crippen LogP contribution in [0.4, 0.5) is 0 Å². The number of hydrogen-bond donors (Lipinski definition) is 0. The van der Waals surface area contributed by atoms with Crippen molar-refractivity contribution in [2.24, 2.45) is 0 Å². The van der Waals surface area contributed by atoms with E-state index < -0.39 is 11.1 Å². The first kappa shape index (κ1) is 22.5. The van der Waals surface area contributed by atoms with Crippen LogP contribution in [0, 0.1) is 0 Å². The van der Waals surface area contributed by atoms with Gasteiger partial charge in [-0.25, -0.2) is 0 Å². The number of carbonyl (C=O) groups is 4. The molecule has 2 saturated heterocycles. The Kier molecular flexibility index (Phi) is 5.83. The SMILES string of the molecule is CCOC(=O)C[C@H]1CC[C@]2(CCCN3C(=O)c4ccccc4C3=O)C(=O)OCC(C)(C)N12. The third kappa shape index (κ3) is 3.60. The van der Waals surface area contributed by atoms with E-state index in [9.17, 15) is 19.2 Å². The molecule has 0 saturated carbocycles. The van der Waals surface area contributed by atoms with Crippen molar-refractivity contribution >= 4 is 23.8 Å². The predicted molar refractivity (Wildman–Crippen MR) is 115 cm³/mol. The zero-order valence-electron chi connectivity index (χ0n) is 18.9. The van der Waals surface area contributed by atoms with Crippen molar-refractivity contribution in [1.29, 1.82) is 0 Å². The Hall–Kier alpha value is -2.74. The van der Waals surface area contributed by atoms with E-state index in [1.165, 1.54) is 4.90 Å². The number of benzene rings is 1. The first-order valence-corrected chi connectivity index (χ1v) is 11.3. The van der Waals surface area contributed by atoms with Gasteiger partial charge in [0.1, 0.15) is 12.1 Å². The van der Waals surface area contributed by atoms with Gasteiger partial charge in [0, 0.05) is 12.6 Å². The summed E-state index contributed by atoms with van der Waals surface area (Å²) in [6, 6.07) is 6.69. The number of carbonyl (C=O) groups excluding carboxylic acids is 4. The minimum absolute atomic E-state index is 0.115. The Morgan fingerprint density at radius 2 is 1.81 bits per heavy atom. The summed E-state index contributed by atoms with van der Waals surface area (Å²) < 4.78 is 10.7. The van der Waals surface area contributed by atoms with Crippen LogP contribution in [-0.2, 0) is 19.1 Å². The molecule has 0 radical (unpaired) electrons. The van der Waals surface area contributed by atoms with E-state index in [4.69, 9.17) is 9.47 Å². The molecule has 0 unspecified atom stereocenters. The highest BCUT2D eigenvalue weighted by atomic mass is 16.5. The molecule has 3 aliphatic heterocycles. The predicted octanol–water partition coefficient (Wildman–Crippen LogP) is 2.55. The molecule has 2 atom stereocenters. The molecule has 2 amide bonds. The number of nitrogens with zero attached hydrogens (tertiary/aromatic N) is 2. The molecular weight excluding hydrogens is 412 g/mol. The molecule has 8 heteroatoms. The third-order valence-corrected chi connectivity index (χ3v) is 6.86. The van der Waals surface area contributed by atoms with Gasteiger partial charge in [-0.2, -0.15) is 0 Å². The van der Waals surface area contributed by atoms with Crippen LogP contribution in [0.25, 0.3) is 0 Å². The van der Waals surface area contributed by atoms with Crippen LogP contribution in [-0.4, -0.2) is 70.4 Å². The van der Waals surface area contributed by atoms with Gasteiger partial charge in [0.25, 0.3) is 11.8 Å². The summed E-state index contributed by atoms with van der Waals surface area (Å²) in [4.78, 5) is 54.0. The Balaban J connectivity index is 1.50. The number of fused-ring (bicyclic) bond motifs is 2. The number of cyclic esters (lactones) is 1. The molecule has 8 nitrogen and oxygen atoms in total. The van der Waals surface area contributed by atoms with Gasteiger partial charge in [-0.1, -0.05) is 12.1 Å². The molecule has 4 rings (SSSR count). The second kappa shape index (κ2) is 8.31. The first-order valence-electron chi connectivity index (χ1n) is 11.3. The molecule has 1 aromatic rings. The van der Waals surface area contributed by atoms with Gasteiger partial charge in [0.15, 0.2) is 0 Å². The van der Waals surface area contributed by atoms with E-state index in [0.717, 1.165) is 0 Å². The molecular formula is C24H30N2O6. The first-order chi connectivity index (χ1) is 15.2. The summed E-state index contributed by atoms with van der Waals surface area (Å²) in [5.74, 6) is -1.14. The van der Waals surface area contributed by atoms with Crippen molar-refractivity contribution in [2.75, 3.05) is 19.8 Å². The quantitative estimate of drug-likeness (QED) is 0.473. The van der Waals surface area contributed by atoms with Gasteiger partial charge in [-0.15, -0.1) is 0 Å². The Labute approximate surface area is 187 Å². The van der Waals surface area contributed by atoms with Crippen molar-refractivity contribution in [3.8, 4) is 0 Å². The molecule has 2 fully saturated rings. The van der Waals surface area contributed by atoms with Crippen LogP contribution in [0.2, 0.25) is 0 Å². The van der Waals surface area contributed by atoms with Crippen LogP contribution in [0.15, 0.2) is 24.3 Å². The highest BCUT2D eigenvalue weighted by Gasteiger charge is 2.60. The Morgan fingerprint density at radius 1 is 1.16 bits per heavy atom. The number of amides is 2. The number of morpholine rings is 1. The number of hydrogen-bond acceptors (Lipinski definition) is 7. The summed E-state index contributed by atoms with van der Waals surface area (Å²) >= 11 is 0. The van der Waals surface area contributed by atoms with Gasteiger partial charge in [0.05, 0.1) is 29.7 Å². The van der Waals surface area contributed by atoms with E-state index in [0.29, 0.717) is 43.4 Å². The minimum Gasteiger partial charge on any atom is -0.466 e. The monoisotopic (exact) mass is 442 g/mol. The maximum absolute atomic E-state index is 13.0. The lowest BCUT2D eigenvalue weighted by molar-refractivity contribution is -0.186. The number of ether oxygens (including phenoxy) is 2. The topological polar surface area (TPSA) is 93.2 Å². The number of imide groups is 1. The normalized spacial score (nSPS) is 26.7. The number of rotatable bonds is 7. The van der Waals surface area contributed by atoms with Crippen LogP contribution in [0.5, 0.6) is 0 Å². The largest absolute Gasteiger partial charge is 0.466 e. The fraction of sp³-hybridized carbons (Fsp3) is 0.583. The molecule has 0 bridgehead atoms. The zero-order chi connectivity index (χ0) is 23.1. The van der Waals surface area contributed by atoms with Crippen LogP contribution < -0.4 is 0 Å². The highest BCUT2D eigenvalue weighted by Crippen LogP contribution is 2.47. The fourth-order valence-corrected chi connectivity index (χ4v) is 5.65. The highest BCUT2D eigenvalue weighted by molar-refractivity contribution is 6.21. The van der Waals surface area contributed by atoms with Crippen LogP contribution in [0.1, 0.15) is 73.6 Å². The van der Waals surface area contributed by atoms with Crippen molar-refractivity contribution in [1.82, 2.24) is 9.80 Å². The lowest BCUT2D eigenvalue weighted by atomic mass is 9.84. The molecule has 32 heavy (non-hydrogen) atoms. The van der Waals surface area contributed by atoms with Crippen molar-refractivity contribution < 1.29 is 28.7 Å². The molecule has 3 aliphatic rings. The van der Waals surface area contributed by atoms with Gasteiger partial charge >= 0.3 is 11.9 Å². The average Bonchev–Trinajstić information content (AvgIpc) is 3.24. The fourth-order valence-electron chi connectivity index (χ4n) is 5.65. The van der Waals surface area contributed by atoms with Gasteiger partial charge < -0.3 is 9.47 Å². The van der Waals surface area contributed by atoms with Crippen molar-refractivity contribution in [3.05, 3.63) is 35.4 Å². The van der Waals surface area contributed by atoms with Gasteiger partial charge in [-0.05, 0) is 58.6 Å². The summed E-state index contributed by atoms with van der Waals surface area (Å²) in [5, 5.41) is 0. The molecule has 0 spiro atoms. The summed E-state index contributed by atoms with van der Waals surface area (Å²) in [7, 11) is 0. The average molecular weight is 443 g/mol. The van der Waals surface area contributed by atoms with E-state index >= 15 is 0 Å². The summed E-state index contributed by atoms with van der Waals surface area (Å²) in [6.45, 7) is 6.62. The smallest absolute Gasteiger partial charge is 0.326 e. The zero-order valence-corrected chi connectivity index (χ0v) is 18.9. The second-order valence-corrected chi connectivity index (χ2v) is 9.40. The molecule has 1 aromatic carbocycles. The van der Waals surface area contributed by atoms with E-state index in [-0.39, 0.29) is 49.4 Å². The Bertz CT molecular complexity index is 923. The maximum Gasteiger partial charge on any atom is 0.326 e. The maximum atomic E-state index is 13.0. The van der Waals surface area contributed by atoms with Crippen molar-refractivity contribution in [3.63, 3.8) is 0 Å². The molecule has 0 aliphatic carbocycles. The standard InChI is InChI=1S/C24H30N2O6/c1-4-31-19(27)14-16-10-12-24(22(30)32-15-23(2,3)26(16)24)11-7-13-25-20(28)17-8-5-6-9-18(17)21(25)29/h5-6,8-9,16H,4,7,10-15H2,1-3H3/t16-,24-/m1/s1. The molecule has 0 N–H and O–H groups in total. The lowest BCUT2D eigenvalue weighted by Crippen LogP contribution is -2.67. The lowest BCUT2D eigenvalue weighted by Gasteiger charge is -2.52. The van der Waals surface area contributed by atoms with E-state index in [1.807, 2.05) is 13.8 Å². The minimum atomic E-state index is -0.864. The van der Waals surface area contributed by atoms with Crippen LogP contribution >= 0.6 is 0 Å². The third-order valence-electron chi connectivity index (χ3n) is 6.86. The molecule has 172 valence electrons. The van der Waals surface area contributed by atoms with Crippen molar-refractivity contribution in [2.45, 2.75) is 70.0 Å². The van der Waals surface area contributed by atoms with Gasteiger partial charge in [0.2, 0.25) is 0 Å². The summed E-state index contributed by atoms with van der Waals surface area (Å²) in [5.41, 5.74) is -0.453. The molecule has 0 aromatic heterocycles. The van der Waals surface area contributed by atoms with E-state index in [2.05, 4.69) is 4.90 Å². The van der Waals surface area contributed by atoms with Crippen LogP contribution in [0.3, 0.4) is 0 Å². The molecule has 3 heterocycles. The second-order valence-electron chi connectivity index (χ2n) is 9.40. The Morgan fingerprint density at radius 3 is 2.44 bits per heavy atom. The number of esters is 2. The van der Waals surface area contributed by atoms with Gasteiger partial charge in [-0.3, -0.25) is 29.0 Å². The summed E-state index contributed by atoms with van der Waals surface area (Å²) in [6.07, 6.45) is 2.40. The van der Waals surface area contributed by atoms with E-state index in [1.54, 1.807) is 31.2 Å².